The van der Waals surface area contributed by atoms with Gasteiger partial charge in [0.2, 0.25) is 0 Å². The molecule has 2 aromatic rings. The highest BCUT2D eigenvalue weighted by molar-refractivity contribution is 9.10. The third kappa shape index (κ3) is 2.73. The molecule has 0 spiro atoms. The Labute approximate surface area is 131 Å². The lowest BCUT2D eigenvalue weighted by Gasteiger charge is -2.16. The van der Waals surface area contributed by atoms with Gasteiger partial charge in [0.25, 0.3) is 0 Å². The van der Waals surface area contributed by atoms with Gasteiger partial charge in [-0.05, 0) is 33.6 Å². The third-order valence-electron chi connectivity index (χ3n) is 3.50. The number of halogens is 1. The second-order valence-corrected chi connectivity index (χ2v) is 6.71. The summed E-state index contributed by atoms with van der Waals surface area (Å²) in [6.07, 6.45) is 0. The van der Waals surface area contributed by atoms with Crippen LogP contribution in [0, 0.1) is 0 Å². The van der Waals surface area contributed by atoms with Gasteiger partial charge in [-0.15, -0.1) is 11.8 Å². The lowest BCUT2D eigenvalue weighted by atomic mass is 10.0. The number of benzene rings is 2. The molecule has 3 rings (SSSR count). The van der Waals surface area contributed by atoms with Crippen LogP contribution in [0.15, 0.2) is 51.8 Å². The molecular formula is C16H16BrNOS. The fraction of sp³-hybridized carbons (Fsp3) is 0.250. The van der Waals surface area contributed by atoms with Crippen LogP contribution in [-0.4, -0.2) is 12.4 Å². The Morgan fingerprint density at radius 3 is 2.90 bits per heavy atom. The highest BCUT2D eigenvalue weighted by Gasteiger charge is 2.23. The van der Waals surface area contributed by atoms with Gasteiger partial charge >= 0.3 is 0 Å². The topological polar surface area (TPSA) is 35.2 Å². The largest absolute Gasteiger partial charge is 0.491 e. The molecule has 2 aromatic carbocycles. The van der Waals surface area contributed by atoms with Crippen LogP contribution in [0.5, 0.6) is 5.75 Å². The Hall–Kier alpha value is -0.970. The summed E-state index contributed by atoms with van der Waals surface area (Å²) in [6, 6.07) is 14.6. The fourth-order valence-corrected chi connectivity index (χ4v) is 4.18. The van der Waals surface area contributed by atoms with Crippen LogP contribution in [0.25, 0.3) is 0 Å². The first kappa shape index (κ1) is 14.0. The summed E-state index contributed by atoms with van der Waals surface area (Å²) in [4.78, 5) is 1.38. The van der Waals surface area contributed by atoms with Gasteiger partial charge in [-0.2, -0.15) is 0 Å². The molecule has 2 nitrogen and oxygen atoms in total. The van der Waals surface area contributed by atoms with E-state index >= 15 is 0 Å². The van der Waals surface area contributed by atoms with Crippen molar-refractivity contribution in [3.63, 3.8) is 0 Å². The van der Waals surface area contributed by atoms with Crippen molar-refractivity contribution in [2.45, 2.75) is 17.4 Å². The predicted molar refractivity (Wildman–Crippen MR) is 87.4 cm³/mol. The summed E-state index contributed by atoms with van der Waals surface area (Å²) < 4.78 is 7.03. The quantitative estimate of drug-likeness (QED) is 0.899. The van der Waals surface area contributed by atoms with E-state index in [0.717, 1.165) is 21.5 Å². The molecular weight excluding hydrogens is 334 g/mol. The maximum atomic E-state index is 6.06. The van der Waals surface area contributed by atoms with Crippen molar-refractivity contribution >= 4 is 27.7 Å². The van der Waals surface area contributed by atoms with Crippen LogP contribution in [0.2, 0.25) is 0 Å². The zero-order chi connectivity index (χ0) is 13.9. The third-order valence-corrected chi connectivity index (χ3v) is 5.37. The Morgan fingerprint density at radius 2 is 2.05 bits per heavy atom. The van der Waals surface area contributed by atoms with Crippen LogP contribution in [0.1, 0.15) is 17.0 Å². The number of fused-ring (bicyclic) bond motifs is 1. The van der Waals surface area contributed by atoms with E-state index in [0.29, 0.717) is 19.1 Å². The van der Waals surface area contributed by atoms with Gasteiger partial charge < -0.3 is 10.5 Å². The van der Waals surface area contributed by atoms with E-state index in [1.54, 1.807) is 0 Å². The van der Waals surface area contributed by atoms with Crippen LogP contribution in [0.3, 0.4) is 0 Å². The van der Waals surface area contributed by atoms with E-state index in [4.69, 9.17) is 10.5 Å². The number of nitrogens with two attached hydrogens (primary N) is 1. The minimum atomic E-state index is 0.453. The summed E-state index contributed by atoms with van der Waals surface area (Å²) in [6.45, 7) is 1.18. The van der Waals surface area contributed by atoms with Crippen LogP contribution < -0.4 is 10.5 Å². The average Bonchev–Trinajstić information content (AvgIpc) is 2.89. The normalized spacial score (nSPS) is 17.0. The van der Waals surface area contributed by atoms with Crippen molar-refractivity contribution in [2.24, 2.45) is 5.73 Å². The maximum absolute atomic E-state index is 6.06. The first-order valence-corrected chi connectivity index (χ1v) is 8.39. The predicted octanol–water partition coefficient (Wildman–Crippen LogP) is 4.18. The van der Waals surface area contributed by atoms with E-state index in [2.05, 4.69) is 40.2 Å². The zero-order valence-corrected chi connectivity index (χ0v) is 13.4. The molecule has 0 radical (unpaired) electrons. The summed E-state index contributed by atoms with van der Waals surface area (Å²) >= 11 is 5.45. The molecule has 2 N–H and O–H groups in total. The first-order chi connectivity index (χ1) is 9.79. The van der Waals surface area contributed by atoms with Gasteiger partial charge in [0.1, 0.15) is 5.75 Å². The van der Waals surface area contributed by atoms with Crippen LogP contribution in [-0.2, 0) is 6.54 Å². The lowest BCUT2D eigenvalue weighted by molar-refractivity contribution is 0.293. The Kier molecular flexibility index (Phi) is 4.34. The molecule has 1 aliphatic heterocycles. The highest BCUT2D eigenvalue weighted by atomic mass is 79.9. The number of hydrogen-bond donors (Lipinski definition) is 1. The molecule has 104 valence electrons. The van der Waals surface area contributed by atoms with Gasteiger partial charge in [0.05, 0.1) is 11.1 Å². The average molecular weight is 350 g/mol. The van der Waals surface area contributed by atoms with Crippen LogP contribution >= 0.6 is 27.7 Å². The molecule has 1 unspecified atom stereocenters. The van der Waals surface area contributed by atoms with Gasteiger partial charge in [-0.3, -0.25) is 0 Å². The molecule has 0 bridgehead atoms. The molecule has 0 saturated carbocycles. The Morgan fingerprint density at radius 1 is 1.20 bits per heavy atom. The second kappa shape index (κ2) is 6.20. The van der Waals surface area contributed by atoms with Gasteiger partial charge in [0, 0.05) is 28.7 Å². The van der Waals surface area contributed by atoms with Crippen LogP contribution in [0.4, 0.5) is 0 Å². The van der Waals surface area contributed by atoms with Crippen molar-refractivity contribution in [3.05, 3.63) is 58.1 Å². The molecule has 4 heteroatoms. The van der Waals surface area contributed by atoms with Gasteiger partial charge in [0.15, 0.2) is 0 Å². The van der Waals surface area contributed by atoms with Crippen molar-refractivity contribution in [1.29, 1.82) is 0 Å². The van der Waals surface area contributed by atoms with Crippen molar-refractivity contribution in [2.75, 3.05) is 12.4 Å². The zero-order valence-electron chi connectivity index (χ0n) is 11.0. The number of rotatable bonds is 4. The maximum Gasteiger partial charge on any atom is 0.137 e. The standard InChI is InChI=1S/C16H16BrNOS/c17-14-6-3-4-11(8-18)16(14)19-9-12-10-20-15-7-2-1-5-13(12)15/h1-7,12H,8-10,18H2. The molecule has 0 amide bonds. The number of hydrogen-bond acceptors (Lipinski definition) is 3. The molecule has 1 heterocycles. The number of ether oxygens (including phenoxy) is 1. The molecule has 20 heavy (non-hydrogen) atoms. The SMILES string of the molecule is NCc1cccc(Br)c1OCC1CSc2ccccc21. The van der Waals surface area contributed by atoms with E-state index in [1.807, 2.05) is 30.0 Å². The minimum Gasteiger partial charge on any atom is -0.491 e. The molecule has 1 aliphatic rings. The molecule has 0 fully saturated rings. The smallest absolute Gasteiger partial charge is 0.137 e. The number of thioether (sulfide) groups is 1. The van der Waals surface area contributed by atoms with Crippen molar-refractivity contribution in [1.82, 2.24) is 0 Å². The monoisotopic (exact) mass is 349 g/mol. The van der Waals surface area contributed by atoms with E-state index in [1.165, 1.54) is 10.5 Å². The highest BCUT2D eigenvalue weighted by Crippen LogP contribution is 2.40. The summed E-state index contributed by atoms with van der Waals surface area (Å²) in [5, 5.41) is 0. The lowest BCUT2D eigenvalue weighted by Crippen LogP contribution is -2.12. The molecule has 0 aromatic heterocycles. The number of para-hydroxylation sites is 1. The van der Waals surface area contributed by atoms with E-state index in [-0.39, 0.29) is 0 Å². The Bertz CT molecular complexity index is 617. The van der Waals surface area contributed by atoms with E-state index < -0.39 is 0 Å². The first-order valence-electron chi connectivity index (χ1n) is 6.61. The summed E-state index contributed by atoms with van der Waals surface area (Å²) in [5.74, 6) is 2.42. The molecule has 0 saturated heterocycles. The fourth-order valence-electron chi connectivity index (χ4n) is 2.43. The minimum absolute atomic E-state index is 0.453. The van der Waals surface area contributed by atoms with Gasteiger partial charge in [-0.25, -0.2) is 0 Å². The van der Waals surface area contributed by atoms with Gasteiger partial charge in [-0.1, -0.05) is 30.3 Å². The molecule has 0 aliphatic carbocycles. The Balaban J connectivity index is 1.75. The van der Waals surface area contributed by atoms with Crippen molar-refractivity contribution in [3.8, 4) is 5.75 Å². The summed E-state index contributed by atoms with van der Waals surface area (Å²) in [7, 11) is 0. The van der Waals surface area contributed by atoms with Crippen molar-refractivity contribution < 1.29 is 4.74 Å². The van der Waals surface area contributed by atoms with E-state index in [9.17, 15) is 0 Å². The molecule has 1 atom stereocenters. The second-order valence-electron chi connectivity index (χ2n) is 4.79. The summed E-state index contributed by atoms with van der Waals surface area (Å²) in [5.41, 5.74) is 8.22.